The van der Waals surface area contributed by atoms with E-state index < -0.39 is 14.8 Å². The molecule has 9 heteroatoms. The molecule has 0 spiro atoms. The first-order valence-electron chi connectivity index (χ1n) is 9.33. The number of nitro groups is 1. The Hall–Kier alpha value is -2.94. The molecule has 1 saturated heterocycles. The van der Waals surface area contributed by atoms with Crippen molar-refractivity contribution in [2.24, 2.45) is 5.92 Å². The molecule has 154 valence electrons. The molecule has 29 heavy (non-hydrogen) atoms. The molecule has 1 aliphatic rings. The summed E-state index contributed by atoms with van der Waals surface area (Å²) < 4.78 is 24.0. The lowest BCUT2D eigenvalue weighted by Gasteiger charge is -2.34. The van der Waals surface area contributed by atoms with Gasteiger partial charge in [0, 0.05) is 31.5 Å². The van der Waals surface area contributed by atoms with Crippen LogP contribution in [0.3, 0.4) is 0 Å². The van der Waals surface area contributed by atoms with Crippen molar-refractivity contribution in [2.45, 2.75) is 17.7 Å². The van der Waals surface area contributed by atoms with Gasteiger partial charge >= 0.3 is 5.69 Å². The highest BCUT2D eigenvalue weighted by molar-refractivity contribution is 7.90. The minimum absolute atomic E-state index is 0.109. The average Bonchev–Trinajstić information content (AvgIpc) is 2.71. The first kappa shape index (κ1) is 20.8. The third-order valence-corrected chi connectivity index (χ3v) is 6.14. The van der Waals surface area contributed by atoms with Gasteiger partial charge in [-0.2, -0.15) is 0 Å². The number of carbonyl (C=O) groups is 1. The van der Waals surface area contributed by atoms with Crippen molar-refractivity contribution >= 4 is 27.1 Å². The predicted octanol–water partition coefficient (Wildman–Crippen LogP) is 2.64. The molecule has 2 aromatic rings. The number of hydrogen-bond donors (Lipinski definition) is 1. The van der Waals surface area contributed by atoms with E-state index in [1.807, 2.05) is 11.0 Å². The lowest BCUT2D eigenvalue weighted by molar-refractivity contribution is -0.387. The van der Waals surface area contributed by atoms with Gasteiger partial charge in [-0.1, -0.05) is 24.3 Å². The Balaban J connectivity index is 1.76. The van der Waals surface area contributed by atoms with Gasteiger partial charge in [0.15, 0.2) is 9.84 Å². The summed E-state index contributed by atoms with van der Waals surface area (Å²) in [6.45, 7) is 1.55. The van der Waals surface area contributed by atoms with Gasteiger partial charge in [0.1, 0.15) is 10.6 Å². The zero-order chi connectivity index (χ0) is 21.0. The van der Waals surface area contributed by atoms with E-state index >= 15 is 0 Å². The summed E-state index contributed by atoms with van der Waals surface area (Å²) in [5.41, 5.74) is 0.498. The Bertz CT molecular complexity index is 1010. The van der Waals surface area contributed by atoms with Gasteiger partial charge in [0.2, 0.25) is 0 Å². The second-order valence-corrected chi connectivity index (χ2v) is 9.17. The van der Waals surface area contributed by atoms with Crippen molar-refractivity contribution in [3.8, 4) is 0 Å². The van der Waals surface area contributed by atoms with Gasteiger partial charge in [0.25, 0.3) is 5.91 Å². The van der Waals surface area contributed by atoms with Crippen LogP contribution in [-0.2, 0) is 9.84 Å². The molecule has 1 amide bonds. The number of hydrogen-bond acceptors (Lipinski definition) is 6. The Morgan fingerprint density at radius 2 is 1.93 bits per heavy atom. The molecule has 0 aromatic heterocycles. The number of nitrogens with one attached hydrogen (secondary N) is 1. The topological polar surface area (TPSA) is 110 Å². The smallest absolute Gasteiger partial charge is 0.311 e. The molecule has 1 N–H and O–H groups in total. The van der Waals surface area contributed by atoms with Gasteiger partial charge in [0.05, 0.1) is 4.92 Å². The number of amides is 1. The highest BCUT2D eigenvalue weighted by Crippen LogP contribution is 2.36. The monoisotopic (exact) mass is 417 g/mol. The number of anilines is 1. The third-order valence-electron chi connectivity index (χ3n) is 5.01. The second kappa shape index (κ2) is 8.60. The van der Waals surface area contributed by atoms with E-state index in [2.05, 4.69) is 5.32 Å². The van der Waals surface area contributed by atoms with Crippen molar-refractivity contribution in [3.05, 3.63) is 64.2 Å². The van der Waals surface area contributed by atoms with Crippen molar-refractivity contribution in [3.63, 3.8) is 0 Å². The standard InChI is InChI=1S/C20H23N3O5S/c1-29(27,28)18-11-5-10-17(19(18)23(25)26)22-12-6-7-15(14-22)13-21-20(24)16-8-3-2-4-9-16/h2-5,8-11,15H,6-7,12-14H2,1H3,(H,21,24). The normalized spacial score (nSPS) is 17.0. The second-order valence-electron chi connectivity index (χ2n) is 7.18. The van der Waals surface area contributed by atoms with Crippen LogP contribution in [0.5, 0.6) is 0 Å². The van der Waals surface area contributed by atoms with Crippen molar-refractivity contribution in [1.82, 2.24) is 5.32 Å². The van der Waals surface area contributed by atoms with E-state index in [9.17, 15) is 23.3 Å². The summed E-state index contributed by atoms with van der Waals surface area (Å²) in [5.74, 6) is -0.0503. The SMILES string of the molecule is CS(=O)(=O)c1cccc(N2CCCC(CNC(=O)c3ccccc3)C2)c1[N+](=O)[O-]. The lowest BCUT2D eigenvalue weighted by Crippen LogP contribution is -2.41. The Morgan fingerprint density at radius 3 is 2.59 bits per heavy atom. The van der Waals surface area contributed by atoms with E-state index in [1.165, 1.54) is 12.1 Å². The van der Waals surface area contributed by atoms with Crippen molar-refractivity contribution < 1.29 is 18.1 Å². The predicted molar refractivity (Wildman–Crippen MR) is 110 cm³/mol. The molecule has 1 aliphatic heterocycles. The molecule has 0 radical (unpaired) electrons. The van der Waals surface area contributed by atoms with Gasteiger partial charge in [-0.3, -0.25) is 14.9 Å². The van der Waals surface area contributed by atoms with E-state index in [1.54, 1.807) is 30.3 Å². The van der Waals surface area contributed by atoms with Crippen LogP contribution in [-0.4, -0.2) is 45.1 Å². The molecular formula is C20H23N3O5S. The molecule has 1 unspecified atom stereocenters. The van der Waals surface area contributed by atoms with E-state index in [0.717, 1.165) is 19.1 Å². The Kier molecular flexibility index (Phi) is 6.17. The summed E-state index contributed by atoms with van der Waals surface area (Å²) >= 11 is 0. The van der Waals surface area contributed by atoms with E-state index in [0.29, 0.717) is 30.9 Å². The van der Waals surface area contributed by atoms with Crippen LogP contribution in [0, 0.1) is 16.0 Å². The summed E-state index contributed by atoms with van der Waals surface area (Å²) in [6.07, 6.45) is 2.65. The number of sulfone groups is 1. The molecule has 1 fully saturated rings. The third kappa shape index (κ3) is 4.92. The molecule has 8 nitrogen and oxygen atoms in total. The average molecular weight is 417 g/mol. The first-order valence-corrected chi connectivity index (χ1v) is 11.2. The molecule has 2 aromatic carbocycles. The van der Waals surface area contributed by atoms with E-state index in [4.69, 9.17) is 0 Å². The summed E-state index contributed by atoms with van der Waals surface area (Å²) in [6, 6.07) is 13.3. The van der Waals surface area contributed by atoms with Gasteiger partial charge in [-0.25, -0.2) is 8.42 Å². The minimum Gasteiger partial charge on any atom is -0.366 e. The Labute approximate surface area is 169 Å². The maximum atomic E-state index is 12.3. The summed E-state index contributed by atoms with van der Waals surface area (Å²) in [7, 11) is -3.73. The number of para-hydroxylation sites is 1. The van der Waals surface area contributed by atoms with Gasteiger partial charge < -0.3 is 10.2 Å². The van der Waals surface area contributed by atoms with Gasteiger partial charge in [-0.15, -0.1) is 0 Å². The van der Waals surface area contributed by atoms with Crippen molar-refractivity contribution in [2.75, 3.05) is 30.8 Å². The molecule has 0 saturated carbocycles. The molecule has 1 heterocycles. The molecule has 1 atom stereocenters. The summed E-state index contributed by atoms with van der Waals surface area (Å²) in [5, 5.41) is 14.6. The fourth-order valence-electron chi connectivity index (χ4n) is 3.63. The van der Waals surface area contributed by atoms with E-state index in [-0.39, 0.29) is 22.4 Å². The quantitative estimate of drug-likeness (QED) is 0.572. The zero-order valence-corrected chi connectivity index (χ0v) is 16.9. The number of benzene rings is 2. The van der Waals surface area contributed by atoms with Crippen LogP contribution >= 0.6 is 0 Å². The van der Waals surface area contributed by atoms with Crippen LogP contribution in [0.2, 0.25) is 0 Å². The molecular weight excluding hydrogens is 394 g/mol. The molecule has 0 aliphatic carbocycles. The van der Waals surface area contributed by atoms with Gasteiger partial charge in [-0.05, 0) is 43.0 Å². The number of nitro benzene ring substituents is 1. The first-order chi connectivity index (χ1) is 13.8. The summed E-state index contributed by atoms with van der Waals surface area (Å²) in [4.78, 5) is 24.8. The van der Waals surface area contributed by atoms with Crippen LogP contribution in [0.25, 0.3) is 0 Å². The zero-order valence-electron chi connectivity index (χ0n) is 16.1. The largest absolute Gasteiger partial charge is 0.366 e. The number of rotatable bonds is 6. The van der Waals surface area contributed by atoms with Crippen molar-refractivity contribution in [1.29, 1.82) is 0 Å². The van der Waals surface area contributed by atoms with Crippen LogP contribution < -0.4 is 10.2 Å². The highest BCUT2D eigenvalue weighted by atomic mass is 32.2. The molecule has 0 bridgehead atoms. The lowest BCUT2D eigenvalue weighted by atomic mass is 9.97. The fourth-order valence-corrected chi connectivity index (χ4v) is 4.48. The van der Waals surface area contributed by atoms with Crippen LogP contribution in [0.1, 0.15) is 23.2 Å². The fraction of sp³-hybridized carbons (Fsp3) is 0.350. The maximum Gasteiger partial charge on any atom is 0.311 e. The molecule has 3 rings (SSSR count). The maximum absolute atomic E-state index is 12.3. The highest BCUT2D eigenvalue weighted by Gasteiger charge is 2.31. The number of piperidine rings is 1. The van der Waals surface area contributed by atoms with Crippen LogP contribution in [0.4, 0.5) is 11.4 Å². The Morgan fingerprint density at radius 1 is 1.21 bits per heavy atom. The van der Waals surface area contributed by atoms with Crippen LogP contribution in [0.15, 0.2) is 53.4 Å². The number of nitrogens with zero attached hydrogens (tertiary/aromatic N) is 2. The number of carbonyl (C=O) groups excluding carboxylic acids is 1. The minimum atomic E-state index is -3.73.